The van der Waals surface area contributed by atoms with Gasteiger partial charge in [-0.3, -0.25) is 9.59 Å². The average Bonchev–Trinajstić information content (AvgIpc) is 2.40. The quantitative estimate of drug-likeness (QED) is 0.765. The van der Waals surface area contributed by atoms with Crippen molar-refractivity contribution in [2.75, 3.05) is 11.9 Å². The van der Waals surface area contributed by atoms with E-state index in [4.69, 9.17) is 5.73 Å². The lowest BCUT2D eigenvalue weighted by Crippen LogP contribution is -2.39. The van der Waals surface area contributed by atoms with E-state index in [9.17, 15) is 9.59 Å². The van der Waals surface area contributed by atoms with E-state index in [2.05, 4.69) is 10.6 Å². The maximum Gasteiger partial charge on any atom is 0.251 e. The van der Waals surface area contributed by atoms with Gasteiger partial charge in [0.25, 0.3) is 5.91 Å². The van der Waals surface area contributed by atoms with E-state index in [1.807, 2.05) is 27.7 Å². The predicted octanol–water partition coefficient (Wildman–Crippen LogP) is 1.67. The molecule has 0 saturated heterocycles. The van der Waals surface area contributed by atoms with E-state index in [0.717, 1.165) is 5.56 Å². The molecule has 0 spiro atoms. The van der Waals surface area contributed by atoms with Gasteiger partial charge in [0.2, 0.25) is 5.91 Å². The van der Waals surface area contributed by atoms with Crippen LogP contribution in [-0.4, -0.2) is 24.4 Å². The van der Waals surface area contributed by atoms with Crippen LogP contribution >= 0.6 is 0 Å². The zero-order valence-corrected chi connectivity index (χ0v) is 12.5. The molecule has 0 unspecified atom stereocenters. The van der Waals surface area contributed by atoms with Crippen molar-refractivity contribution in [1.29, 1.82) is 0 Å². The average molecular weight is 277 g/mol. The summed E-state index contributed by atoms with van der Waals surface area (Å²) in [5, 5.41) is 5.51. The second kappa shape index (κ2) is 7.05. The highest BCUT2D eigenvalue weighted by atomic mass is 16.2. The summed E-state index contributed by atoms with van der Waals surface area (Å²) < 4.78 is 0. The van der Waals surface area contributed by atoms with E-state index in [0.29, 0.717) is 17.8 Å². The van der Waals surface area contributed by atoms with E-state index in [-0.39, 0.29) is 17.7 Å². The van der Waals surface area contributed by atoms with Crippen molar-refractivity contribution >= 4 is 17.5 Å². The van der Waals surface area contributed by atoms with Crippen LogP contribution in [0.2, 0.25) is 0 Å². The minimum Gasteiger partial charge on any atom is -0.352 e. The SMILES string of the molecule is CCNC(=O)c1ccc(C)c(NC(=O)[C@H](N)C(C)C)c1. The monoisotopic (exact) mass is 277 g/mol. The molecule has 5 nitrogen and oxygen atoms in total. The van der Waals surface area contributed by atoms with Crippen molar-refractivity contribution in [3.8, 4) is 0 Å². The number of hydrogen-bond acceptors (Lipinski definition) is 3. The van der Waals surface area contributed by atoms with E-state index in [1.165, 1.54) is 0 Å². The van der Waals surface area contributed by atoms with Crippen LogP contribution in [0.4, 0.5) is 5.69 Å². The number of nitrogens with one attached hydrogen (secondary N) is 2. The molecule has 110 valence electrons. The molecular weight excluding hydrogens is 254 g/mol. The molecule has 20 heavy (non-hydrogen) atoms. The molecule has 0 aliphatic rings. The third-order valence-corrected chi connectivity index (χ3v) is 3.12. The van der Waals surface area contributed by atoms with Crippen LogP contribution in [0.15, 0.2) is 18.2 Å². The molecule has 1 aromatic rings. The van der Waals surface area contributed by atoms with E-state index in [1.54, 1.807) is 18.2 Å². The summed E-state index contributed by atoms with van der Waals surface area (Å²) >= 11 is 0. The van der Waals surface area contributed by atoms with Crippen molar-refractivity contribution in [3.05, 3.63) is 29.3 Å². The maximum absolute atomic E-state index is 12.0. The first-order valence-electron chi connectivity index (χ1n) is 6.82. The minimum absolute atomic E-state index is 0.0573. The van der Waals surface area contributed by atoms with Gasteiger partial charge in [-0.15, -0.1) is 0 Å². The Morgan fingerprint density at radius 3 is 2.50 bits per heavy atom. The molecule has 0 aromatic heterocycles. The summed E-state index contributed by atoms with van der Waals surface area (Å²) in [7, 11) is 0. The normalized spacial score (nSPS) is 12.1. The zero-order chi connectivity index (χ0) is 15.3. The fourth-order valence-corrected chi connectivity index (χ4v) is 1.68. The molecule has 1 aromatic carbocycles. The van der Waals surface area contributed by atoms with Crippen molar-refractivity contribution in [2.24, 2.45) is 11.7 Å². The number of amides is 2. The smallest absolute Gasteiger partial charge is 0.251 e. The maximum atomic E-state index is 12.0. The van der Waals surface area contributed by atoms with Crippen LogP contribution in [0, 0.1) is 12.8 Å². The summed E-state index contributed by atoms with van der Waals surface area (Å²) in [6, 6.07) is 4.65. The van der Waals surface area contributed by atoms with Crippen LogP contribution < -0.4 is 16.4 Å². The van der Waals surface area contributed by atoms with Crippen molar-refractivity contribution in [1.82, 2.24) is 5.32 Å². The molecule has 5 heteroatoms. The number of rotatable bonds is 5. The summed E-state index contributed by atoms with van der Waals surface area (Å²) in [6.07, 6.45) is 0. The summed E-state index contributed by atoms with van der Waals surface area (Å²) in [4.78, 5) is 23.8. The number of hydrogen-bond donors (Lipinski definition) is 3. The molecule has 0 bridgehead atoms. The molecular formula is C15H23N3O2. The molecule has 1 atom stereocenters. The fraction of sp³-hybridized carbons (Fsp3) is 0.467. The largest absolute Gasteiger partial charge is 0.352 e. The van der Waals surface area contributed by atoms with E-state index >= 15 is 0 Å². The Hall–Kier alpha value is -1.88. The molecule has 0 aliphatic heterocycles. The summed E-state index contributed by atoms with van der Waals surface area (Å²) in [5.74, 6) is -0.339. The van der Waals surface area contributed by atoms with Crippen LogP contribution in [0.5, 0.6) is 0 Å². The highest BCUT2D eigenvalue weighted by Gasteiger charge is 2.18. The lowest BCUT2D eigenvalue weighted by atomic mass is 10.0. The van der Waals surface area contributed by atoms with Gasteiger partial charge in [-0.25, -0.2) is 0 Å². The Morgan fingerprint density at radius 2 is 1.95 bits per heavy atom. The van der Waals surface area contributed by atoms with Crippen molar-refractivity contribution < 1.29 is 9.59 Å². The highest BCUT2D eigenvalue weighted by Crippen LogP contribution is 2.17. The van der Waals surface area contributed by atoms with Crippen molar-refractivity contribution in [3.63, 3.8) is 0 Å². The van der Waals surface area contributed by atoms with Gasteiger partial charge in [-0.1, -0.05) is 19.9 Å². The lowest BCUT2D eigenvalue weighted by molar-refractivity contribution is -0.118. The van der Waals surface area contributed by atoms with Gasteiger partial charge in [0.15, 0.2) is 0 Å². The Balaban J connectivity index is 2.92. The third kappa shape index (κ3) is 4.06. The van der Waals surface area contributed by atoms with Gasteiger partial charge in [0.05, 0.1) is 6.04 Å². The molecule has 2 amide bonds. The number of carbonyl (C=O) groups is 2. The molecule has 4 N–H and O–H groups in total. The third-order valence-electron chi connectivity index (χ3n) is 3.12. The van der Waals surface area contributed by atoms with Crippen LogP contribution in [0.1, 0.15) is 36.7 Å². The number of carbonyl (C=O) groups excluding carboxylic acids is 2. The first kappa shape index (κ1) is 16.2. The molecule has 0 heterocycles. The summed E-state index contributed by atoms with van der Waals surface area (Å²) in [5.41, 5.74) is 7.84. The van der Waals surface area contributed by atoms with E-state index < -0.39 is 6.04 Å². The molecule has 0 fully saturated rings. The second-order valence-corrected chi connectivity index (χ2v) is 5.15. The predicted molar refractivity (Wildman–Crippen MR) is 80.6 cm³/mol. The summed E-state index contributed by atoms with van der Waals surface area (Å²) in [6.45, 7) is 8.07. The van der Waals surface area contributed by atoms with Crippen molar-refractivity contribution in [2.45, 2.75) is 33.7 Å². The number of anilines is 1. The topological polar surface area (TPSA) is 84.2 Å². The lowest BCUT2D eigenvalue weighted by Gasteiger charge is -2.17. The standard InChI is InChI=1S/C15H23N3O2/c1-5-17-14(19)11-7-6-10(4)12(8-11)18-15(20)13(16)9(2)3/h6-9,13H,5,16H2,1-4H3,(H,17,19)(H,18,20)/t13-/m1/s1. The molecule has 0 saturated carbocycles. The number of aryl methyl sites for hydroxylation is 1. The highest BCUT2D eigenvalue weighted by molar-refractivity contribution is 5.99. The van der Waals surface area contributed by atoms with Gasteiger partial charge in [0, 0.05) is 17.8 Å². The zero-order valence-electron chi connectivity index (χ0n) is 12.5. The first-order chi connectivity index (χ1) is 9.36. The van der Waals surface area contributed by atoms with Crippen LogP contribution in [0.3, 0.4) is 0 Å². The van der Waals surface area contributed by atoms with Gasteiger partial charge in [-0.2, -0.15) is 0 Å². The Bertz CT molecular complexity index is 498. The van der Waals surface area contributed by atoms with Gasteiger partial charge < -0.3 is 16.4 Å². The fourth-order valence-electron chi connectivity index (χ4n) is 1.68. The molecule has 0 aliphatic carbocycles. The molecule has 1 rings (SSSR count). The minimum atomic E-state index is -0.567. The second-order valence-electron chi connectivity index (χ2n) is 5.15. The van der Waals surface area contributed by atoms with Crippen LogP contribution in [0.25, 0.3) is 0 Å². The first-order valence-corrected chi connectivity index (χ1v) is 6.82. The van der Waals surface area contributed by atoms with Gasteiger partial charge in [0.1, 0.15) is 0 Å². The van der Waals surface area contributed by atoms with Crippen LogP contribution in [-0.2, 0) is 4.79 Å². The van der Waals surface area contributed by atoms with Gasteiger partial charge >= 0.3 is 0 Å². The Labute approximate surface area is 119 Å². The molecule has 0 radical (unpaired) electrons. The number of benzene rings is 1. The van der Waals surface area contributed by atoms with Gasteiger partial charge in [-0.05, 0) is 37.5 Å². The Kier molecular flexibility index (Phi) is 5.70. The Morgan fingerprint density at radius 1 is 1.30 bits per heavy atom. The number of nitrogens with two attached hydrogens (primary N) is 1.